The number of nitrogens with zero attached hydrogens (tertiary/aromatic N) is 1. The lowest BCUT2D eigenvalue weighted by molar-refractivity contribution is -0.140. The predicted octanol–water partition coefficient (Wildman–Crippen LogP) is 1.000. The Kier molecular flexibility index (Phi) is 5.17. The summed E-state index contributed by atoms with van der Waals surface area (Å²) < 4.78 is 4.52. The Morgan fingerprint density at radius 1 is 1.42 bits per heavy atom. The summed E-state index contributed by atoms with van der Waals surface area (Å²) in [6.45, 7) is 0.406. The molecule has 0 heterocycles. The first-order chi connectivity index (χ1) is 8.95. The smallest absolute Gasteiger partial charge is 0.305 e. The Balaban J connectivity index is 2.61. The molecule has 0 aliphatic carbocycles. The third kappa shape index (κ3) is 4.17. The lowest BCUT2D eigenvalue weighted by atomic mass is 10.1. The van der Waals surface area contributed by atoms with E-state index in [1.807, 2.05) is 0 Å². The summed E-state index contributed by atoms with van der Waals surface area (Å²) >= 11 is 0. The molecule has 0 fully saturated rings. The molecule has 1 aromatic carbocycles. The summed E-state index contributed by atoms with van der Waals surface area (Å²) in [5.74, 6) is -0.614. The van der Waals surface area contributed by atoms with Gasteiger partial charge in [0.25, 0.3) is 5.91 Å². The number of benzene rings is 1. The van der Waals surface area contributed by atoms with Crippen molar-refractivity contribution < 1.29 is 19.4 Å². The van der Waals surface area contributed by atoms with Crippen LogP contribution in [0.2, 0.25) is 0 Å². The molecule has 0 radical (unpaired) electrons. The molecule has 0 aliphatic heterocycles. The Morgan fingerprint density at radius 2 is 2.11 bits per heavy atom. The van der Waals surface area contributed by atoms with Crippen LogP contribution in [0.1, 0.15) is 23.2 Å². The minimum Gasteiger partial charge on any atom is -0.508 e. The van der Waals surface area contributed by atoms with Crippen molar-refractivity contribution in [2.24, 2.45) is 0 Å². The average Bonchev–Trinajstić information content (AvgIpc) is 2.40. The van der Waals surface area contributed by atoms with E-state index >= 15 is 0 Å². The van der Waals surface area contributed by atoms with Crippen LogP contribution in [-0.4, -0.2) is 42.6 Å². The topological polar surface area (TPSA) is 92.9 Å². The number of hydrogen-bond donors (Lipinski definition) is 2. The van der Waals surface area contributed by atoms with Gasteiger partial charge in [-0.3, -0.25) is 9.59 Å². The molecule has 0 spiro atoms. The number of nitrogen functional groups attached to an aromatic ring is 1. The van der Waals surface area contributed by atoms with Crippen molar-refractivity contribution >= 4 is 17.6 Å². The van der Waals surface area contributed by atoms with Crippen molar-refractivity contribution in [2.45, 2.75) is 12.8 Å². The van der Waals surface area contributed by atoms with Crippen molar-refractivity contribution in [3.8, 4) is 5.75 Å². The number of carbonyl (C=O) groups excluding carboxylic acids is 2. The van der Waals surface area contributed by atoms with E-state index in [1.165, 1.54) is 30.2 Å². The van der Waals surface area contributed by atoms with Crippen molar-refractivity contribution in [1.82, 2.24) is 4.90 Å². The lowest BCUT2D eigenvalue weighted by Crippen LogP contribution is -2.28. The first-order valence-corrected chi connectivity index (χ1v) is 5.86. The molecular formula is C13H18N2O4. The third-order valence-electron chi connectivity index (χ3n) is 2.72. The molecule has 6 nitrogen and oxygen atoms in total. The normalized spacial score (nSPS) is 10.0. The van der Waals surface area contributed by atoms with Gasteiger partial charge in [-0.15, -0.1) is 0 Å². The molecule has 19 heavy (non-hydrogen) atoms. The zero-order chi connectivity index (χ0) is 14.4. The quantitative estimate of drug-likeness (QED) is 0.471. The van der Waals surface area contributed by atoms with Crippen LogP contribution < -0.4 is 5.73 Å². The number of carbonyl (C=O) groups is 2. The van der Waals surface area contributed by atoms with Crippen LogP contribution in [0.15, 0.2) is 18.2 Å². The van der Waals surface area contributed by atoms with E-state index in [9.17, 15) is 14.7 Å². The van der Waals surface area contributed by atoms with Gasteiger partial charge in [0, 0.05) is 25.7 Å². The Morgan fingerprint density at radius 3 is 2.74 bits per heavy atom. The second-order valence-corrected chi connectivity index (χ2v) is 4.18. The monoisotopic (exact) mass is 266 g/mol. The molecule has 0 saturated heterocycles. The first-order valence-electron chi connectivity index (χ1n) is 5.86. The standard InChI is InChI=1S/C13H18N2O4/c1-15(7-3-4-12(17)19-2)13(18)10-8-9(16)5-6-11(10)14/h5-6,8,16H,3-4,7,14H2,1-2H3. The number of hydrogen-bond acceptors (Lipinski definition) is 5. The highest BCUT2D eigenvalue weighted by molar-refractivity contribution is 5.99. The number of phenols is 1. The fraction of sp³-hybridized carbons (Fsp3) is 0.385. The second-order valence-electron chi connectivity index (χ2n) is 4.18. The largest absolute Gasteiger partial charge is 0.508 e. The predicted molar refractivity (Wildman–Crippen MR) is 70.7 cm³/mol. The molecule has 0 bridgehead atoms. The van der Waals surface area contributed by atoms with Crippen molar-refractivity contribution in [3.05, 3.63) is 23.8 Å². The maximum absolute atomic E-state index is 12.1. The molecule has 0 unspecified atom stereocenters. The van der Waals surface area contributed by atoms with Gasteiger partial charge in [0.1, 0.15) is 5.75 Å². The van der Waals surface area contributed by atoms with E-state index in [-0.39, 0.29) is 29.6 Å². The molecule has 0 saturated carbocycles. The molecule has 0 aliphatic rings. The molecule has 6 heteroatoms. The highest BCUT2D eigenvalue weighted by Gasteiger charge is 2.15. The average molecular weight is 266 g/mol. The zero-order valence-corrected chi connectivity index (χ0v) is 11.0. The fourth-order valence-electron chi connectivity index (χ4n) is 1.60. The number of esters is 1. The summed E-state index contributed by atoms with van der Waals surface area (Å²) in [4.78, 5) is 24.5. The summed E-state index contributed by atoms with van der Waals surface area (Å²) in [5.41, 5.74) is 6.25. The molecule has 104 valence electrons. The molecule has 3 N–H and O–H groups in total. The van der Waals surface area contributed by atoms with Crippen LogP contribution in [0.25, 0.3) is 0 Å². The number of anilines is 1. The Bertz CT molecular complexity index is 474. The Hall–Kier alpha value is -2.24. The maximum Gasteiger partial charge on any atom is 0.305 e. The van der Waals surface area contributed by atoms with Crippen LogP contribution in [0, 0.1) is 0 Å². The molecule has 1 aromatic rings. The fourth-order valence-corrected chi connectivity index (χ4v) is 1.60. The van der Waals surface area contributed by atoms with Gasteiger partial charge in [-0.05, 0) is 24.6 Å². The molecule has 1 rings (SSSR count). The van der Waals surface area contributed by atoms with Crippen molar-refractivity contribution in [2.75, 3.05) is 26.4 Å². The van der Waals surface area contributed by atoms with Gasteiger partial charge in [0.05, 0.1) is 12.7 Å². The van der Waals surface area contributed by atoms with Crippen molar-refractivity contribution in [3.63, 3.8) is 0 Å². The van der Waals surface area contributed by atoms with E-state index in [0.29, 0.717) is 18.7 Å². The van der Waals surface area contributed by atoms with Gasteiger partial charge in [-0.1, -0.05) is 0 Å². The zero-order valence-electron chi connectivity index (χ0n) is 11.0. The van der Waals surface area contributed by atoms with Crippen LogP contribution in [0.3, 0.4) is 0 Å². The number of rotatable bonds is 5. The first kappa shape index (κ1) is 14.8. The van der Waals surface area contributed by atoms with Crippen LogP contribution in [0.5, 0.6) is 5.75 Å². The summed E-state index contributed by atoms with van der Waals surface area (Å²) in [7, 11) is 2.94. The minimum absolute atomic E-state index is 0.0134. The molecule has 0 atom stereocenters. The number of ether oxygens (including phenoxy) is 1. The number of nitrogens with two attached hydrogens (primary N) is 1. The Labute approximate surface area is 111 Å². The van der Waals surface area contributed by atoms with E-state index < -0.39 is 0 Å². The number of aromatic hydroxyl groups is 1. The van der Waals surface area contributed by atoms with Crippen LogP contribution in [0.4, 0.5) is 5.69 Å². The highest BCUT2D eigenvalue weighted by Crippen LogP contribution is 2.19. The lowest BCUT2D eigenvalue weighted by Gasteiger charge is -2.18. The third-order valence-corrected chi connectivity index (χ3v) is 2.72. The highest BCUT2D eigenvalue weighted by atomic mass is 16.5. The van der Waals surface area contributed by atoms with Gasteiger partial charge >= 0.3 is 5.97 Å². The number of phenolic OH excluding ortho intramolecular Hbond substituents is 1. The van der Waals surface area contributed by atoms with Gasteiger partial charge < -0.3 is 20.5 Å². The van der Waals surface area contributed by atoms with Crippen molar-refractivity contribution in [1.29, 1.82) is 0 Å². The van der Waals surface area contributed by atoms with E-state index in [2.05, 4.69) is 4.74 Å². The maximum atomic E-state index is 12.1. The molecule has 0 aromatic heterocycles. The SMILES string of the molecule is COC(=O)CCCN(C)C(=O)c1cc(O)ccc1N. The second kappa shape index (κ2) is 6.63. The van der Waals surface area contributed by atoms with Gasteiger partial charge in [-0.25, -0.2) is 0 Å². The number of amides is 1. The number of methoxy groups -OCH3 is 1. The van der Waals surface area contributed by atoms with E-state index in [4.69, 9.17) is 5.73 Å². The van der Waals surface area contributed by atoms with E-state index in [0.717, 1.165) is 0 Å². The van der Waals surface area contributed by atoms with Crippen LogP contribution in [-0.2, 0) is 9.53 Å². The summed E-state index contributed by atoms with van der Waals surface area (Å²) in [5, 5.41) is 9.36. The van der Waals surface area contributed by atoms with Gasteiger partial charge in [0.2, 0.25) is 0 Å². The van der Waals surface area contributed by atoms with Gasteiger partial charge in [-0.2, -0.15) is 0 Å². The summed E-state index contributed by atoms with van der Waals surface area (Å²) in [6.07, 6.45) is 0.761. The summed E-state index contributed by atoms with van der Waals surface area (Å²) in [6, 6.07) is 4.22. The minimum atomic E-state index is -0.308. The molecular weight excluding hydrogens is 248 g/mol. The van der Waals surface area contributed by atoms with Crippen LogP contribution >= 0.6 is 0 Å². The van der Waals surface area contributed by atoms with E-state index in [1.54, 1.807) is 7.05 Å². The molecule has 1 amide bonds. The van der Waals surface area contributed by atoms with Gasteiger partial charge in [0.15, 0.2) is 0 Å².